The number of carbonyl (C=O) groups is 1. The van der Waals surface area contributed by atoms with Crippen molar-refractivity contribution >= 4 is 11.6 Å². The summed E-state index contributed by atoms with van der Waals surface area (Å²) in [6, 6.07) is 21.5. The molecule has 33 heavy (non-hydrogen) atoms. The molecule has 1 unspecified atom stereocenters. The second-order valence-electron chi connectivity index (χ2n) is 8.17. The number of nitrogens with zero attached hydrogens (tertiary/aromatic N) is 3. The smallest absolute Gasteiger partial charge is 0.254 e. The number of likely N-dealkylation sites (tertiary alicyclic amines) is 1. The van der Waals surface area contributed by atoms with Gasteiger partial charge >= 0.3 is 0 Å². The fourth-order valence-electron chi connectivity index (χ4n) is 4.41. The van der Waals surface area contributed by atoms with Gasteiger partial charge in [0.1, 0.15) is 23.8 Å². The molecule has 1 atom stereocenters. The number of ether oxygens (including phenoxy) is 2. The van der Waals surface area contributed by atoms with Gasteiger partial charge in [0.2, 0.25) is 0 Å². The molecule has 1 fully saturated rings. The average molecular weight is 442 g/mol. The van der Waals surface area contributed by atoms with Crippen LogP contribution in [-0.2, 0) is 6.61 Å². The van der Waals surface area contributed by atoms with Crippen LogP contribution >= 0.6 is 0 Å². The lowest BCUT2D eigenvalue weighted by Crippen LogP contribution is -2.30. The number of hydrogen-bond donors (Lipinski definition) is 0. The highest BCUT2D eigenvalue weighted by Gasteiger charge is 2.30. The molecule has 6 heteroatoms. The fraction of sp³-hybridized carbons (Fsp3) is 0.259. The molecule has 0 aliphatic carbocycles. The van der Waals surface area contributed by atoms with Crippen molar-refractivity contribution in [3.8, 4) is 11.5 Å². The minimum Gasteiger partial charge on any atom is -0.494 e. The number of aromatic nitrogens is 2. The van der Waals surface area contributed by atoms with E-state index >= 15 is 0 Å². The maximum Gasteiger partial charge on any atom is 0.254 e. The molecule has 0 saturated carbocycles. The van der Waals surface area contributed by atoms with Gasteiger partial charge < -0.3 is 18.8 Å². The molecule has 3 heterocycles. The van der Waals surface area contributed by atoms with Gasteiger partial charge in [0.15, 0.2) is 0 Å². The Balaban J connectivity index is 1.28. The minimum absolute atomic E-state index is 0.0320. The number of hydrogen-bond acceptors (Lipinski definition) is 4. The molecule has 4 aromatic rings. The molecular weight excluding hydrogens is 414 g/mol. The Morgan fingerprint density at radius 2 is 1.91 bits per heavy atom. The first-order valence-corrected chi connectivity index (χ1v) is 11.4. The van der Waals surface area contributed by atoms with Crippen molar-refractivity contribution in [3.63, 3.8) is 0 Å². The van der Waals surface area contributed by atoms with Crippen molar-refractivity contribution in [3.05, 3.63) is 95.9 Å². The summed E-state index contributed by atoms with van der Waals surface area (Å²) in [5, 5.41) is 0. The second kappa shape index (κ2) is 9.36. The quantitative estimate of drug-likeness (QED) is 0.391. The lowest BCUT2D eigenvalue weighted by atomic mass is 10.0. The standard InChI is InChI=1S/C27H27N3O3/c1-2-32-23-13-11-20(12-14-23)25-9-6-16-30(25)27(31)21-7-5-8-24(17-21)33-19-22-18-29-15-4-3-10-26(29)28-22/h3-5,7-8,10-15,17-18,25H,2,6,9,16,19H2,1H3. The Morgan fingerprint density at radius 3 is 2.73 bits per heavy atom. The molecule has 2 aromatic carbocycles. The van der Waals surface area contributed by atoms with Gasteiger partial charge in [-0.3, -0.25) is 4.79 Å². The number of benzene rings is 2. The zero-order valence-corrected chi connectivity index (χ0v) is 18.7. The zero-order chi connectivity index (χ0) is 22.6. The summed E-state index contributed by atoms with van der Waals surface area (Å²) >= 11 is 0. The van der Waals surface area contributed by atoms with Gasteiger partial charge in [-0.25, -0.2) is 4.98 Å². The van der Waals surface area contributed by atoms with Crippen LogP contribution in [0.4, 0.5) is 0 Å². The van der Waals surface area contributed by atoms with E-state index in [9.17, 15) is 4.79 Å². The van der Waals surface area contributed by atoms with Gasteiger partial charge in [-0.05, 0) is 67.8 Å². The number of pyridine rings is 1. The van der Waals surface area contributed by atoms with E-state index in [2.05, 4.69) is 17.1 Å². The van der Waals surface area contributed by atoms with E-state index in [0.29, 0.717) is 24.5 Å². The van der Waals surface area contributed by atoms with E-state index < -0.39 is 0 Å². The first-order chi connectivity index (χ1) is 16.2. The average Bonchev–Trinajstić information content (AvgIpc) is 3.50. The first-order valence-electron chi connectivity index (χ1n) is 11.4. The predicted molar refractivity (Wildman–Crippen MR) is 127 cm³/mol. The van der Waals surface area contributed by atoms with E-state index in [1.54, 1.807) is 0 Å². The zero-order valence-electron chi connectivity index (χ0n) is 18.7. The topological polar surface area (TPSA) is 56.1 Å². The number of rotatable bonds is 7. The molecule has 168 valence electrons. The summed E-state index contributed by atoms with van der Waals surface area (Å²) in [7, 11) is 0. The minimum atomic E-state index is 0.0320. The van der Waals surface area contributed by atoms with E-state index in [0.717, 1.165) is 42.0 Å². The highest BCUT2D eigenvalue weighted by atomic mass is 16.5. The Bertz CT molecular complexity index is 1220. The molecule has 2 aromatic heterocycles. The van der Waals surface area contributed by atoms with Gasteiger partial charge in [0, 0.05) is 24.5 Å². The largest absolute Gasteiger partial charge is 0.494 e. The molecule has 1 aliphatic heterocycles. The van der Waals surface area contributed by atoms with Gasteiger partial charge in [-0.1, -0.05) is 24.3 Å². The maximum atomic E-state index is 13.4. The van der Waals surface area contributed by atoms with Crippen molar-refractivity contribution in [1.29, 1.82) is 0 Å². The number of carbonyl (C=O) groups excluding carboxylic acids is 1. The third-order valence-electron chi connectivity index (χ3n) is 5.97. The highest BCUT2D eigenvalue weighted by molar-refractivity contribution is 5.95. The second-order valence-corrected chi connectivity index (χ2v) is 8.17. The lowest BCUT2D eigenvalue weighted by molar-refractivity contribution is 0.0735. The molecule has 1 aliphatic rings. The summed E-state index contributed by atoms with van der Waals surface area (Å²) < 4.78 is 13.5. The van der Waals surface area contributed by atoms with Crippen LogP contribution in [0.5, 0.6) is 11.5 Å². The van der Waals surface area contributed by atoms with Gasteiger partial charge in [-0.15, -0.1) is 0 Å². The van der Waals surface area contributed by atoms with Crippen molar-refractivity contribution in [1.82, 2.24) is 14.3 Å². The molecule has 5 rings (SSSR count). The molecule has 0 spiro atoms. The van der Waals surface area contributed by atoms with E-state index in [4.69, 9.17) is 9.47 Å². The molecule has 1 amide bonds. The van der Waals surface area contributed by atoms with Crippen LogP contribution in [0.3, 0.4) is 0 Å². The normalized spacial score (nSPS) is 15.7. The number of imidazole rings is 1. The van der Waals surface area contributed by atoms with Crippen molar-refractivity contribution in [2.75, 3.05) is 13.2 Å². The summed E-state index contributed by atoms with van der Waals surface area (Å²) in [5.41, 5.74) is 3.51. The molecule has 0 radical (unpaired) electrons. The van der Waals surface area contributed by atoms with Crippen molar-refractivity contribution in [2.45, 2.75) is 32.4 Å². The van der Waals surface area contributed by atoms with E-state index in [1.165, 1.54) is 0 Å². The van der Waals surface area contributed by atoms with Crippen LogP contribution < -0.4 is 9.47 Å². The Hall–Kier alpha value is -3.80. The monoisotopic (exact) mass is 441 g/mol. The van der Waals surface area contributed by atoms with E-state index in [1.807, 2.05) is 83.2 Å². The van der Waals surface area contributed by atoms with Crippen LogP contribution in [0, 0.1) is 0 Å². The summed E-state index contributed by atoms with van der Waals surface area (Å²) in [6.07, 6.45) is 5.87. The Labute approximate surface area is 193 Å². The third kappa shape index (κ3) is 4.55. The Morgan fingerprint density at radius 1 is 1.03 bits per heavy atom. The predicted octanol–water partition coefficient (Wildman–Crippen LogP) is 5.29. The fourth-order valence-corrected chi connectivity index (χ4v) is 4.41. The number of amides is 1. The molecule has 0 N–H and O–H groups in total. The van der Waals surface area contributed by atoms with Gasteiger partial charge in [0.05, 0.1) is 18.3 Å². The molecule has 1 saturated heterocycles. The van der Waals surface area contributed by atoms with Crippen molar-refractivity contribution in [2.24, 2.45) is 0 Å². The molecular formula is C27H27N3O3. The summed E-state index contributed by atoms with van der Waals surface area (Å²) in [6.45, 7) is 3.71. The Kier molecular flexibility index (Phi) is 5.98. The van der Waals surface area contributed by atoms with Crippen LogP contribution in [0.1, 0.15) is 47.4 Å². The summed E-state index contributed by atoms with van der Waals surface area (Å²) in [4.78, 5) is 19.9. The van der Waals surface area contributed by atoms with Crippen LogP contribution in [0.15, 0.2) is 79.1 Å². The molecule has 0 bridgehead atoms. The van der Waals surface area contributed by atoms with Crippen molar-refractivity contribution < 1.29 is 14.3 Å². The van der Waals surface area contributed by atoms with Crippen LogP contribution in [-0.4, -0.2) is 33.3 Å². The lowest BCUT2D eigenvalue weighted by Gasteiger charge is -2.25. The van der Waals surface area contributed by atoms with Gasteiger partial charge in [0.25, 0.3) is 5.91 Å². The third-order valence-corrected chi connectivity index (χ3v) is 5.97. The van der Waals surface area contributed by atoms with Crippen LogP contribution in [0.25, 0.3) is 5.65 Å². The van der Waals surface area contributed by atoms with Crippen LogP contribution in [0.2, 0.25) is 0 Å². The highest BCUT2D eigenvalue weighted by Crippen LogP contribution is 2.34. The van der Waals surface area contributed by atoms with Gasteiger partial charge in [-0.2, -0.15) is 0 Å². The number of fused-ring (bicyclic) bond motifs is 1. The summed E-state index contributed by atoms with van der Waals surface area (Å²) in [5.74, 6) is 1.55. The molecule has 6 nitrogen and oxygen atoms in total. The maximum absolute atomic E-state index is 13.4. The SMILES string of the molecule is CCOc1ccc(C2CCCN2C(=O)c2cccc(OCc3cn4ccccc4n3)c2)cc1. The first kappa shape index (κ1) is 21.1. The van der Waals surface area contributed by atoms with E-state index in [-0.39, 0.29) is 11.9 Å².